The number of ether oxygens (including phenoxy) is 2. The Balaban J connectivity index is 2.47. The first-order chi connectivity index (χ1) is 13.9. The highest BCUT2D eigenvalue weighted by atomic mass is 32.2. The third-order valence-corrected chi connectivity index (χ3v) is 4.92. The van der Waals surface area contributed by atoms with Crippen LogP contribution in [0.2, 0.25) is 0 Å². The third-order valence-electron chi connectivity index (χ3n) is 3.54. The lowest BCUT2D eigenvalue weighted by Crippen LogP contribution is -2.17. The summed E-state index contributed by atoms with van der Waals surface area (Å²) in [5.41, 5.74) is -0.344. The van der Waals surface area contributed by atoms with E-state index in [1.807, 2.05) is 0 Å². The maximum Gasteiger partial charge on any atom is 0.338 e. The molecule has 0 fully saturated rings. The lowest BCUT2D eigenvalue weighted by Gasteiger charge is -2.14. The van der Waals surface area contributed by atoms with Gasteiger partial charge in [-0.25, -0.2) is 26.8 Å². The minimum Gasteiger partial charge on any atom is -0.459 e. The number of carbonyl (C=O) groups excluding carboxylic acids is 2. The van der Waals surface area contributed by atoms with E-state index in [1.165, 1.54) is 6.07 Å². The van der Waals surface area contributed by atoms with E-state index in [1.54, 1.807) is 27.7 Å². The van der Waals surface area contributed by atoms with Gasteiger partial charge in [0.25, 0.3) is 10.0 Å². The van der Waals surface area contributed by atoms with Crippen LogP contribution in [0.4, 0.5) is 14.5 Å². The summed E-state index contributed by atoms with van der Waals surface area (Å²) < 4.78 is 64.0. The second-order valence-electron chi connectivity index (χ2n) is 6.89. The SMILES string of the molecule is CC(C)OC(=O)c1cc(NS(=O)(=O)c2ccc(F)c(F)c2)cc(C(=O)OC(C)C)c1. The average Bonchev–Trinajstić information content (AvgIpc) is 2.62. The number of hydrogen-bond donors (Lipinski definition) is 1. The van der Waals surface area contributed by atoms with Gasteiger partial charge in [0.05, 0.1) is 33.9 Å². The summed E-state index contributed by atoms with van der Waals surface area (Å²) >= 11 is 0. The van der Waals surface area contributed by atoms with Gasteiger partial charge in [-0.1, -0.05) is 0 Å². The van der Waals surface area contributed by atoms with Crippen molar-refractivity contribution in [2.24, 2.45) is 0 Å². The van der Waals surface area contributed by atoms with E-state index in [4.69, 9.17) is 9.47 Å². The molecule has 0 aliphatic heterocycles. The van der Waals surface area contributed by atoms with Gasteiger partial charge in [0.2, 0.25) is 0 Å². The first-order valence-corrected chi connectivity index (χ1v) is 10.4. The van der Waals surface area contributed by atoms with Crippen LogP contribution in [0, 0.1) is 11.6 Å². The van der Waals surface area contributed by atoms with Crippen LogP contribution in [-0.2, 0) is 19.5 Å². The third kappa shape index (κ3) is 5.99. The molecular weight excluding hydrogens is 420 g/mol. The van der Waals surface area contributed by atoms with Gasteiger partial charge >= 0.3 is 11.9 Å². The second kappa shape index (κ2) is 9.21. The Kier molecular flexibility index (Phi) is 7.14. The van der Waals surface area contributed by atoms with Gasteiger partial charge in [-0.15, -0.1) is 0 Å². The van der Waals surface area contributed by atoms with Crippen LogP contribution in [0.3, 0.4) is 0 Å². The normalized spacial score (nSPS) is 11.5. The van der Waals surface area contributed by atoms with E-state index in [0.29, 0.717) is 12.1 Å². The van der Waals surface area contributed by atoms with E-state index < -0.39 is 50.7 Å². The van der Waals surface area contributed by atoms with Gasteiger partial charge < -0.3 is 9.47 Å². The van der Waals surface area contributed by atoms with Crippen molar-refractivity contribution in [3.05, 3.63) is 59.2 Å². The van der Waals surface area contributed by atoms with Crippen LogP contribution >= 0.6 is 0 Å². The highest BCUT2D eigenvalue weighted by Gasteiger charge is 2.21. The van der Waals surface area contributed by atoms with Gasteiger partial charge in [0.15, 0.2) is 11.6 Å². The number of hydrogen-bond acceptors (Lipinski definition) is 6. The van der Waals surface area contributed by atoms with Crippen molar-refractivity contribution in [1.82, 2.24) is 0 Å². The first-order valence-electron chi connectivity index (χ1n) is 8.94. The fourth-order valence-corrected chi connectivity index (χ4v) is 3.40. The van der Waals surface area contributed by atoms with E-state index in [-0.39, 0.29) is 16.8 Å². The Morgan fingerprint density at radius 1 is 0.833 bits per heavy atom. The van der Waals surface area contributed by atoms with Gasteiger partial charge in [-0.05, 0) is 64.1 Å². The van der Waals surface area contributed by atoms with Crippen molar-refractivity contribution in [2.45, 2.75) is 44.8 Å². The molecule has 0 saturated carbocycles. The molecule has 0 unspecified atom stereocenters. The quantitative estimate of drug-likeness (QED) is 0.655. The summed E-state index contributed by atoms with van der Waals surface area (Å²) in [6, 6.07) is 5.60. The molecular formula is C20H21F2NO6S. The minimum absolute atomic E-state index is 0.0927. The maximum atomic E-state index is 13.4. The summed E-state index contributed by atoms with van der Waals surface area (Å²) in [4.78, 5) is 24.0. The fraction of sp³-hybridized carbons (Fsp3) is 0.300. The number of halogens is 2. The molecule has 0 radical (unpaired) electrons. The zero-order valence-electron chi connectivity index (χ0n) is 16.7. The molecule has 162 valence electrons. The van der Waals surface area contributed by atoms with E-state index >= 15 is 0 Å². The highest BCUT2D eigenvalue weighted by molar-refractivity contribution is 7.92. The number of anilines is 1. The molecule has 2 aromatic rings. The maximum absolute atomic E-state index is 13.4. The van der Waals surface area contributed by atoms with Crippen LogP contribution < -0.4 is 4.72 Å². The highest BCUT2D eigenvalue weighted by Crippen LogP contribution is 2.22. The molecule has 0 aromatic heterocycles. The number of carbonyl (C=O) groups is 2. The lowest BCUT2D eigenvalue weighted by molar-refractivity contribution is 0.0377. The Morgan fingerprint density at radius 3 is 1.77 bits per heavy atom. The Hall–Kier alpha value is -3.01. The average molecular weight is 441 g/mol. The molecule has 2 aromatic carbocycles. The second-order valence-corrected chi connectivity index (χ2v) is 8.57. The van der Waals surface area contributed by atoms with Crippen molar-refractivity contribution in [3.63, 3.8) is 0 Å². The Morgan fingerprint density at radius 2 is 1.33 bits per heavy atom. The molecule has 10 heteroatoms. The van der Waals surface area contributed by atoms with Crippen molar-refractivity contribution in [1.29, 1.82) is 0 Å². The lowest BCUT2D eigenvalue weighted by atomic mass is 10.1. The first kappa shape index (κ1) is 23.3. The van der Waals surface area contributed by atoms with Crippen LogP contribution in [0.15, 0.2) is 41.3 Å². The van der Waals surface area contributed by atoms with Gasteiger partial charge in [0.1, 0.15) is 0 Å². The summed E-state index contributed by atoms with van der Waals surface area (Å²) in [6.07, 6.45) is -0.905. The summed E-state index contributed by atoms with van der Waals surface area (Å²) in [7, 11) is -4.34. The largest absolute Gasteiger partial charge is 0.459 e. The molecule has 30 heavy (non-hydrogen) atoms. The molecule has 1 N–H and O–H groups in total. The van der Waals surface area contributed by atoms with E-state index in [0.717, 1.165) is 18.2 Å². The van der Waals surface area contributed by atoms with Crippen molar-refractivity contribution >= 4 is 27.6 Å². The number of rotatable bonds is 7. The smallest absolute Gasteiger partial charge is 0.338 e. The molecule has 0 atom stereocenters. The van der Waals surface area contributed by atoms with Crippen LogP contribution in [0.5, 0.6) is 0 Å². The van der Waals surface area contributed by atoms with Gasteiger partial charge in [-0.2, -0.15) is 0 Å². The van der Waals surface area contributed by atoms with E-state index in [2.05, 4.69) is 4.72 Å². The minimum atomic E-state index is -4.34. The molecule has 0 aliphatic rings. The predicted molar refractivity (Wildman–Crippen MR) is 105 cm³/mol. The van der Waals surface area contributed by atoms with Gasteiger partial charge in [0, 0.05) is 0 Å². The molecule has 7 nitrogen and oxygen atoms in total. The number of nitrogens with one attached hydrogen (secondary N) is 1. The van der Waals surface area contributed by atoms with Crippen molar-refractivity contribution in [3.8, 4) is 0 Å². The topological polar surface area (TPSA) is 98.8 Å². The Labute approximate surface area is 173 Å². The van der Waals surface area contributed by atoms with Crippen molar-refractivity contribution < 1.29 is 36.3 Å². The predicted octanol–water partition coefficient (Wildman–Crippen LogP) is 3.90. The molecule has 0 spiro atoms. The summed E-state index contributed by atoms with van der Waals surface area (Å²) in [6.45, 7) is 6.51. The van der Waals surface area contributed by atoms with Gasteiger partial charge in [-0.3, -0.25) is 4.72 Å². The molecule has 0 bridgehead atoms. The monoisotopic (exact) mass is 441 g/mol. The number of sulfonamides is 1. The molecule has 0 heterocycles. The standard InChI is InChI=1S/C20H21F2NO6S/c1-11(2)28-19(24)13-7-14(20(25)29-12(3)4)9-15(8-13)23-30(26,27)16-5-6-17(21)18(22)10-16/h5-12,23H,1-4H3. The summed E-state index contributed by atoms with van der Waals surface area (Å²) in [5.74, 6) is -4.10. The summed E-state index contributed by atoms with van der Waals surface area (Å²) in [5, 5.41) is 0. The van der Waals surface area contributed by atoms with Crippen LogP contribution in [0.25, 0.3) is 0 Å². The van der Waals surface area contributed by atoms with Crippen molar-refractivity contribution in [2.75, 3.05) is 4.72 Å². The molecule has 0 saturated heterocycles. The zero-order valence-corrected chi connectivity index (χ0v) is 17.5. The fourth-order valence-electron chi connectivity index (χ4n) is 2.34. The molecule has 0 aliphatic carbocycles. The Bertz CT molecular complexity index is 1030. The zero-order chi connectivity index (χ0) is 22.6. The molecule has 2 rings (SSSR count). The molecule has 0 amide bonds. The van der Waals surface area contributed by atoms with Crippen LogP contribution in [-0.4, -0.2) is 32.6 Å². The van der Waals surface area contributed by atoms with E-state index in [9.17, 15) is 26.8 Å². The number of benzene rings is 2. The van der Waals surface area contributed by atoms with Crippen LogP contribution in [0.1, 0.15) is 48.4 Å². The number of esters is 2.